The minimum Gasteiger partial charge on any atom is -0.467 e. The summed E-state index contributed by atoms with van der Waals surface area (Å²) in [6.45, 7) is 5.40. The van der Waals surface area contributed by atoms with Gasteiger partial charge in [0.15, 0.2) is 5.82 Å². The first-order chi connectivity index (χ1) is 16.0. The number of nitro groups is 1. The summed E-state index contributed by atoms with van der Waals surface area (Å²) in [5.41, 5.74) is -0.230. The molecule has 9 nitrogen and oxygen atoms in total. The topological polar surface area (TPSA) is 112 Å². The van der Waals surface area contributed by atoms with E-state index in [2.05, 4.69) is 25.9 Å². The summed E-state index contributed by atoms with van der Waals surface area (Å²) in [6, 6.07) is 2.80. The predicted octanol–water partition coefficient (Wildman–Crippen LogP) is 6.94. The van der Waals surface area contributed by atoms with Crippen molar-refractivity contribution in [2.45, 2.75) is 70.6 Å². The fourth-order valence-electron chi connectivity index (χ4n) is 4.12. The van der Waals surface area contributed by atoms with E-state index in [0.29, 0.717) is 33.3 Å². The van der Waals surface area contributed by atoms with Gasteiger partial charge in [0.05, 0.1) is 27.9 Å². The van der Waals surface area contributed by atoms with E-state index in [-0.39, 0.29) is 28.5 Å². The number of aromatic nitrogens is 2. The SMILES string of the molecule is CC(C)(C)OC(=O)N(Cc1ccco1)c1nc(Cl)nc2c(Br)c([C@H]3CCCC[C@H]3[N+](=O)[O-])sc12. The molecule has 3 heterocycles. The van der Waals surface area contributed by atoms with Crippen LogP contribution < -0.4 is 4.90 Å². The van der Waals surface area contributed by atoms with Crippen LogP contribution in [-0.2, 0) is 11.3 Å². The van der Waals surface area contributed by atoms with Gasteiger partial charge in [0.25, 0.3) is 0 Å². The molecule has 0 radical (unpaired) electrons. The molecule has 1 fully saturated rings. The maximum Gasteiger partial charge on any atom is 0.416 e. The van der Waals surface area contributed by atoms with Crippen molar-refractivity contribution < 1.29 is 18.9 Å². The van der Waals surface area contributed by atoms with Crippen LogP contribution >= 0.6 is 38.9 Å². The molecule has 0 bridgehead atoms. The summed E-state index contributed by atoms with van der Waals surface area (Å²) >= 11 is 11.2. The zero-order valence-corrected chi connectivity index (χ0v) is 22.1. The summed E-state index contributed by atoms with van der Waals surface area (Å²) in [4.78, 5) is 35.7. The quantitative estimate of drug-likeness (QED) is 0.185. The van der Waals surface area contributed by atoms with Crippen LogP contribution in [0.15, 0.2) is 27.3 Å². The van der Waals surface area contributed by atoms with Gasteiger partial charge < -0.3 is 9.15 Å². The Kier molecular flexibility index (Phi) is 7.16. The fourth-order valence-corrected chi connectivity index (χ4v) is 6.56. The molecule has 1 aliphatic rings. The summed E-state index contributed by atoms with van der Waals surface area (Å²) < 4.78 is 12.4. The van der Waals surface area contributed by atoms with Gasteiger partial charge in [0, 0.05) is 16.2 Å². The van der Waals surface area contributed by atoms with Gasteiger partial charge in [0.1, 0.15) is 16.9 Å². The molecule has 34 heavy (non-hydrogen) atoms. The molecule has 3 aromatic heterocycles. The highest BCUT2D eigenvalue weighted by Crippen LogP contribution is 2.47. The number of anilines is 1. The number of hydrogen-bond acceptors (Lipinski definition) is 8. The molecule has 0 saturated heterocycles. The number of furan rings is 1. The number of carbonyl (C=O) groups is 1. The Bertz CT molecular complexity index is 1210. The summed E-state index contributed by atoms with van der Waals surface area (Å²) in [7, 11) is 0. The maximum atomic E-state index is 13.2. The molecule has 1 amide bonds. The van der Waals surface area contributed by atoms with Crippen LogP contribution in [0.1, 0.15) is 63.0 Å². The van der Waals surface area contributed by atoms with Crippen LogP contribution in [0.2, 0.25) is 5.28 Å². The highest BCUT2D eigenvalue weighted by Gasteiger charge is 2.39. The highest BCUT2D eigenvalue weighted by molar-refractivity contribution is 9.10. The second kappa shape index (κ2) is 9.79. The Morgan fingerprint density at radius 3 is 2.76 bits per heavy atom. The van der Waals surface area contributed by atoms with Crippen molar-refractivity contribution in [2.75, 3.05) is 4.90 Å². The summed E-state index contributed by atoms with van der Waals surface area (Å²) in [5, 5.41) is 11.7. The molecular formula is C22H24BrClN4O5S. The van der Waals surface area contributed by atoms with E-state index in [1.54, 1.807) is 32.9 Å². The molecular weight excluding hydrogens is 548 g/mol. The smallest absolute Gasteiger partial charge is 0.416 e. The normalized spacial score (nSPS) is 18.7. The van der Waals surface area contributed by atoms with Gasteiger partial charge >= 0.3 is 6.09 Å². The van der Waals surface area contributed by atoms with Gasteiger partial charge in [-0.15, -0.1) is 11.3 Å². The lowest BCUT2D eigenvalue weighted by Gasteiger charge is -2.26. The number of thiophene rings is 1. The van der Waals surface area contributed by atoms with Gasteiger partial charge in [-0.2, -0.15) is 4.98 Å². The van der Waals surface area contributed by atoms with Gasteiger partial charge in [0.2, 0.25) is 11.3 Å². The zero-order valence-electron chi connectivity index (χ0n) is 18.9. The molecule has 12 heteroatoms. The molecule has 3 aromatic rings. The first-order valence-electron chi connectivity index (χ1n) is 10.9. The Balaban J connectivity index is 1.85. The van der Waals surface area contributed by atoms with Crippen LogP contribution in [0, 0.1) is 10.1 Å². The van der Waals surface area contributed by atoms with E-state index in [0.717, 1.165) is 17.7 Å². The Morgan fingerprint density at radius 2 is 2.12 bits per heavy atom. The number of carbonyl (C=O) groups excluding carboxylic acids is 1. The third kappa shape index (κ3) is 5.21. The lowest BCUT2D eigenvalue weighted by molar-refractivity contribution is -0.529. The van der Waals surface area contributed by atoms with E-state index in [4.69, 9.17) is 20.8 Å². The average molecular weight is 572 g/mol. The molecule has 0 spiro atoms. The van der Waals surface area contributed by atoms with Crippen LogP contribution in [0.4, 0.5) is 10.6 Å². The van der Waals surface area contributed by atoms with E-state index >= 15 is 0 Å². The van der Waals surface area contributed by atoms with Crippen LogP contribution in [-0.4, -0.2) is 32.6 Å². The number of fused-ring (bicyclic) bond motifs is 1. The Labute approximate surface area is 213 Å². The van der Waals surface area contributed by atoms with Crippen LogP contribution in [0.5, 0.6) is 0 Å². The van der Waals surface area contributed by atoms with E-state index in [1.807, 2.05) is 0 Å². The minimum absolute atomic E-state index is 0.0463. The van der Waals surface area contributed by atoms with Gasteiger partial charge in [-0.25, -0.2) is 9.78 Å². The predicted molar refractivity (Wildman–Crippen MR) is 133 cm³/mol. The number of hydrogen-bond donors (Lipinski definition) is 0. The van der Waals surface area contributed by atoms with Crippen molar-refractivity contribution >= 4 is 61.0 Å². The average Bonchev–Trinajstić information content (AvgIpc) is 3.38. The van der Waals surface area contributed by atoms with Crippen molar-refractivity contribution in [3.05, 3.63) is 48.9 Å². The lowest BCUT2D eigenvalue weighted by Crippen LogP contribution is -2.37. The number of nitrogens with zero attached hydrogens (tertiary/aromatic N) is 4. The largest absolute Gasteiger partial charge is 0.467 e. The third-order valence-electron chi connectivity index (χ3n) is 5.56. The Morgan fingerprint density at radius 1 is 1.38 bits per heavy atom. The molecule has 4 rings (SSSR count). The summed E-state index contributed by atoms with van der Waals surface area (Å²) in [5.74, 6) is 0.542. The van der Waals surface area contributed by atoms with Crippen molar-refractivity contribution in [3.63, 3.8) is 0 Å². The molecule has 0 aromatic carbocycles. The van der Waals surface area contributed by atoms with Crippen molar-refractivity contribution in [3.8, 4) is 0 Å². The first-order valence-corrected chi connectivity index (χ1v) is 12.9. The van der Waals surface area contributed by atoms with Gasteiger partial charge in [-0.05, 0) is 73.3 Å². The highest BCUT2D eigenvalue weighted by atomic mass is 79.9. The van der Waals surface area contributed by atoms with E-state index in [1.165, 1.54) is 22.5 Å². The standard InChI is InChI=1S/C22H24BrClN4O5S/c1-22(2,3)33-21(29)27(11-12-7-6-10-32-12)19-18-16(25-20(24)26-19)15(23)17(34-18)13-8-4-5-9-14(13)28(30)31/h6-7,10,13-14H,4-5,8-9,11H2,1-3H3/t13-,14+/m0/s1. The number of amides is 1. The van der Waals surface area contributed by atoms with Crippen molar-refractivity contribution in [1.29, 1.82) is 0 Å². The van der Waals surface area contributed by atoms with Crippen molar-refractivity contribution in [2.24, 2.45) is 0 Å². The monoisotopic (exact) mass is 570 g/mol. The van der Waals surface area contributed by atoms with Gasteiger partial charge in [-0.1, -0.05) is 6.42 Å². The van der Waals surface area contributed by atoms with Crippen molar-refractivity contribution in [1.82, 2.24) is 9.97 Å². The first kappa shape index (κ1) is 24.9. The number of rotatable bonds is 5. The van der Waals surface area contributed by atoms with E-state index < -0.39 is 17.7 Å². The molecule has 0 aliphatic heterocycles. The summed E-state index contributed by atoms with van der Waals surface area (Å²) in [6.07, 6.45) is 3.88. The molecule has 1 aliphatic carbocycles. The second-order valence-electron chi connectivity index (χ2n) is 9.16. The molecule has 0 N–H and O–H groups in total. The number of ether oxygens (including phenoxy) is 1. The maximum absolute atomic E-state index is 13.2. The Hall–Kier alpha value is -2.24. The van der Waals surface area contributed by atoms with Crippen LogP contribution in [0.25, 0.3) is 10.2 Å². The number of halogens is 2. The minimum atomic E-state index is -0.739. The lowest BCUT2D eigenvalue weighted by atomic mass is 9.84. The van der Waals surface area contributed by atoms with Gasteiger partial charge in [-0.3, -0.25) is 15.0 Å². The second-order valence-corrected chi connectivity index (χ2v) is 11.3. The van der Waals surface area contributed by atoms with Crippen LogP contribution in [0.3, 0.4) is 0 Å². The van der Waals surface area contributed by atoms with E-state index in [9.17, 15) is 14.9 Å². The fraction of sp³-hybridized carbons (Fsp3) is 0.500. The third-order valence-corrected chi connectivity index (χ3v) is 8.10. The molecule has 1 saturated carbocycles. The zero-order chi connectivity index (χ0) is 24.6. The molecule has 0 unspecified atom stereocenters. The molecule has 2 atom stereocenters. The molecule has 182 valence electrons.